The van der Waals surface area contributed by atoms with E-state index in [2.05, 4.69) is 97.9 Å². The summed E-state index contributed by atoms with van der Waals surface area (Å²) in [6.07, 6.45) is 0. The van der Waals surface area contributed by atoms with Crippen molar-refractivity contribution in [3.63, 3.8) is 0 Å². The topological polar surface area (TPSA) is 7.12 Å². The van der Waals surface area contributed by atoms with Gasteiger partial charge in [-0.1, -0.05) is 42.4 Å². The van der Waals surface area contributed by atoms with Crippen molar-refractivity contribution in [3.8, 4) is 0 Å². The fraction of sp³-hybridized carbons (Fsp3) is 0.190. The summed E-state index contributed by atoms with van der Waals surface area (Å²) in [7, 11) is 4.37. The minimum atomic E-state index is 0.244. The molecule has 2 heterocycles. The van der Waals surface area contributed by atoms with Gasteiger partial charge in [-0.2, -0.15) is 0 Å². The average molecular weight is 313 g/mol. The van der Waals surface area contributed by atoms with E-state index in [0.29, 0.717) is 0 Å². The van der Waals surface area contributed by atoms with E-state index >= 15 is 0 Å². The standard InChI is InChI=1S/C21H22BN2/c1-15-13-21(23(3)20-12-8-7-10-18(15)20)22-14-17-9-5-6-11-19(17)16(2)24(22)4/h5-14H,1-4H3/q+1. The van der Waals surface area contributed by atoms with E-state index in [1.165, 1.54) is 38.2 Å². The highest BCUT2D eigenvalue weighted by Gasteiger charge is 2.32. The molecule has 3 aromatic rings. The molecule has 2 nitrogen and oxygen atoms in total. The molecule has 3 heteroatoms. The Morgan fingerprint density at radius 2 is 1.67 bits per heavy atom. The second-order valence-electron chi connectivity index (χ2n) is 6.72. The fourth-order valence-corrected chi connectivity index (χ4v) is 3.85. The first-order chi connectivity index (χ1) is 11.6. The second kappa shape index (κ2) is 5.52. The Kier molecular flexibility index (Phi) is 3.45. The lowest BCUT2D eigenvalue weighted by molar-refractivity contribution is -0.627. The third kappa shape index (κ3) is 2.15. The van der Waals surface area contributed by atoms with Crippen molar-refractivity contribution < 1.29 is 4.57 Å². The second-order valence-corrected chi connectivity index (χ2v) is 6.72. The van der Waals surface area contributed by atoms with Crippen LogP contribution in [0.25, 0.3) is 22.6 Å². The van der Waals surface area contributed by atoms with Crippen LogP contribution in [-0.4, -0.2) is 18.7 Å². The van der Waals surface area contributed by atoms with Crippen LogP contribution in [0.4, 0.5) is 0 Å². The van der Waals surface area contributed by atoms with Gasteiger partial charge in [0.2, 0.25) is 5.52 Å². The third-order valence-corrected chi connectivity index (χ3v) is 5.38. The van der Waals surface area contributed by atoms with Crippen LogP contribution in [-0.2, 0) is 7.05 Å². The zero-order valence-corrected chi connectivity index (χ0v) is 14.7. The van der Waals surface area contributed by atoms with Crippen LogP contribution in [0.15, 0.2) is 54.6 Å². The maximum Gasteiger partial charge on any atom is 0.396 e. The van der Waals surface area contributed by atoms with Gasteiger partial charge in [-0.3, -0.25) is 0 Å². The highest BCUT2D eigenvalue weighted by Crippen LogP contribution is 2.14. The Bertz CT molecular complexity index is 1070. The smallest absolute Gasteiger partial charge is 0.396 e. The van der Waals surface area contributed by atoms with E-state index in [4.69, 9.17) is 0 Å². The summed E-state index contributed by atoms with van der Waals surface area (Å²) in [6, 6.07) is 19.6. The Labute approximate surface area is 143 Å². The van der Waals surface area contributed by atoms with E-state index in [-0.39, 0.29) is 6.85 Å². The molecule has 118 valence electrons. The van der Waals surface area contributed by atoms with Crippen LogP contribution >= 0.6 is 0 Å². The number of aromatic nitrogens is 1. The monoisotopic (exact) mass is 313 g/mol. The van der Waals surface area contributed by atoms with Gasteiger partial charge >= 0.3 is 6.85 Å². The van der Waals surface area contributed by atoms with Crippen molar-refractivity contribution in [2.75, 3.05) is 7.05 Å². The lowest BCUT2D eigenvalue weighted by atomic mass is 9.54. The van der Waals surface area contributed by atoms with E-state index in [1.54, 1.807) is 0 Å². The Morgan fingerprint density at radius 1 is 0.958 bits per heavy atom. The van der Waals surface area contributed by atoms with Gasteiger partial charge in [0.15, 0.2) is 5.59 Å². The molecule has 0 saturated carbocycles. The Morgan fingerprint density at radius 3 is 2.50 bits per heavy atom. The number of rotatable bonds is 1. The average Bonchev–Trinajstić information content (AvgIpc) is 2.61. The minimum Gasteiger partial charge on any atom is -0.408 e. The van der Waals surface area contributed by atoms with Crippen LogP contribution in [0, 0.1) is 6.92 Å². The number of hydrogen-bond acceptors (Lipinski definition) is 1. The number of fused-ring (bicyclic) bond motifs is 2. The van der Waals surface area contributed by atoms with E-state index < -0.39 is 0 Å². The number of pyridine rings is 1. The summed E-state index contributed by atoms with van der Waals surface area (Å²) in [5.74, 6) is 2.38. The molecule has 24 heavy (non-hydrogen) atoms. The van der Waals surface area contributed by atoms with Crippen LogP contribution in [0.1, 0.15) is 12.5 Å². The summed E-state index contributed by atoms with van der Waals surface area (Å²) in [6.45, 7) is 4.67. The van der Waals surface area contributed by atoms with Gasteiger partial charge in [-0.25, -0.2) is 4.57 Å². The van der Waals surface area contributed by atoms with Crippen molar-refractivity contribution in [2.45, 2.75) is 13.8 Å². The predicted octanol–water partition coefficient (Wildman–Crippen LogP) is 1.26. The predicted molar refractivity (Wildman–Crippen MR) is 102 cm³/mol. The summed E-state index contributed by atoms with van der Waals surface area (Å²) >= 11 is 0. The van der Waals surface area contributed by atoms with Crippen LogP contribution in [0.5, 0.6) is 0 Å². The summed E-state index contributed by atoms with van der Waals surface area (Å²) in [5.41, 5.74) is 5.26. The minimum absolute atomic E-state index is 0.244. The lowest BCUT2D eigenvalue weighted by Crippen LogP contribution is -2.62. The molecular weight excluding hydrogens is 291 g/mol. The third-order valence-electron chi connectivity index (χ3n) is 5.38. The van der Waals surface area contributed by atoms with Crippen molar-refractivity contribution in [1.82, 2.24) is 4.81 Å². The highest BCUT2D eigenvalue weighted by molar-refractivity contribution is 6.82. The van der Waals surface area contributed by atoms with E-state index in [1.807, 2.05) is 0 Å². The van der Waals surface area contributed by atoms with Gasteiger partial charge < -0.3 is 4.81 Å². The van der Waals surface area contributed by atoms with Gasteiger partial charge in [0.25, 0.3) is 0 Å². The molecule has 0 fully saturated rings. The summed E-state index contributed by atoms with van der Waals surface area (Å²) in [5, 5.41) is 3.98. The largest absolute Gasteiger partial charge is 0.408 e. The van der Waals surface area contributed by atoms with E-state index in [9.17, 15) is 0 Å². The molecule has 0 radical (unpaired) electrons. The Hall–Kier alpha value is -2.55. The number of nitrogens with zero attached hydrogens (tertiary/aromatic N) is 2. The molecule has 1 aliphatic heterocycles. The molecule has 1 aromatic heterocycles. The van der Waals surface area contributed by atoms with Gasteiger partial charge in [0.05, 0.1) is 0 Å². The SMILES string of the molecule is CC1=c2ccccc2=CB(c2cc(C)c3ccccc3[n+]2C)N1C. The van der Waals surface area contributed by atoms with Crippen LogP contribution in [0.3, 0.4) is 0 Å². The zero-order valence-electron chi connectivity index (χ0n) is 14.7. The number of hydrogen-bond donors (Lipinski definition) is 0. The van der Waals surface area contributed by atoms with Gasteiger partial charge in [-0.05, 0) is 43.0 Å². The first kappa shape index (κ1) is 15.0. The number of benzene rings is 2. The van der Waals surface area contributed by atoms with Crippen molar-refractivity contribution in [1.29, 1.82) is 0 Å². The molecule has 4 rings (SSSR count). The van der Waals surface area contributed by atoms with Crippen molar-refractivity contribution in [3.05, 3.63) is 70.6 Å². The van der Waals surface area contributed by atoms with E-state index in [0.717, 1.165) is 0 Å². The van der Waals surface area contributed by atoms with Gasteiger partial charge in [0.1, 0.15) is 7.05 Å². The molecule has 1 aliphatic rings. The van der Waals surface area contributed by atoms with Crippen LogP contribution < -0.4 is 20.6 Å². The molecule has 2 aromatic carbocycles. The summed E-state index contributed by atoms with van der Waals surface area (Å²) < 4.78 is 2.33. The molecule has 0 aliphatic carbocycles. The maximum absolute atomic E-state index is 2.38. The van der Waals surface area contributed by atoms with Crippen molar-refractivity contribution in [2.24, 2.45) is 7.05 Å². The fourth-order valence-electron chi connectivity index (χ4n) is 3.85. The maximum atomic E-state index is 2.38. The molecule has 0 spiro atoms. The molecule has 0 saturated heterocycles. The molecule has 0 unspecified atom stereocenters. The number of aryl methyl sites for hydroxylation is 2. The lowest BCUT2D eigenvalue weighted by Gasteiger charge is -2.27. The zero-order chi connectivity index (χ0) is 16.8. The molecule has 0 amide bonds. The molecule has 0 bridgehead atoms. The number of para-hydroxylation sites is 1. The highest BCUT2D eigenvalue weighted by atomic mass is 15.1. The molecule has 0 atom stereocenters. The Balaban J connectivity index is 1.99. The normalized spacial score (nSPS) is 13.9. The molecular formula is C21H22BN2+. The first-order valence-corrected chi connectivity index (χ1v) is 8.47. The first-order valence-electron chi connectivity index (χ1n) is 8.47. The summed E-state index contributed by atoms with van der Waals surface area (Å²) in [4.78, 5) is 2.38. The molecule has 0 N–H and O–H groups in total. The van der Waals surface area contributed by atoms with Gasteiger partial charge in [0, 0.05) is 23.2 Å². The van der Waals surface area contributed by atoms with Crippen LogP contribution in [0.2, 0.25) is 0 Å². The van der Waals surface area contributed by atoms with Crippen molar-refractivity contribution >= 4 is 35.0 Å². The van der Waals surface area contributed by atoms with Gasteiger partial charge in [-0.15, -0.1) is 0 Å². The quantitative estimate of drug-likeness (QED) is 0.485.